The number of rotatable bonds is 7. The minimum absolute atomic E-state index is 0.0673. The molecule has 0 aliphatic carbocycles. The molecule has 154 valence electrons. The predicted molar refractivity (Wildman–Crippen MR) is 122 cm³/mol. The lowest BCUT2D eigenvalue weighted by atomic mass is 9.99. The second kappa shape index (κ2) is 8.76. The molecule has 0 unspecified atom stereocenters. The lowest BCUT2D eigenvalue weighted by Gasteiger charge is -2.10. The molecule has 0 spiro atoms. The Bertz CT molecular complexity index is 1160. The van der Waals surface area contributed by atoms with E-state index in [-0.39, 0.29) is 5.91 Å². The maximum absolute atomic E-state index is 13.2. The van der Waals surface area contributed by atoms with Crippen molar-refractivity contribution in [3.63, 3.8) is 0 Å². The number of halogens is 1. The molecule has 2 aromatic carbocycles. The fraction of sp³-hybridized carbons (Fsp3) is 0.250. The molecule has 5 nitrogen and oxygen atoms in total. The average Bonchev–Trinajstić information content (AvgIpc) is 3.37. The van der Waals surface area contributed by atoms with Crippen molar-refractivity contribution in [2.75, 3.05) is 6.54 Å². The number of aryl methyl sites for hydroxylation is 3. The molecule has 30 heavy (non-hydrogen) atoms. The topological polar surface area (TPSA) is 51.9 Å². The van der Waals surface area contributed by atoms with E-state index in [1.54, 1.807) is 12.5 Å². The van der Waals surface area contributed by atoms with E-state index in [1.165, 1.54) is 5.56 Å². The van der Waals surface area contributed by atoms with Gasteiger partial charge in [-0.1, -0.05) is 36.7 Å². The van der Waals surface area contributed by atoms with Crippen LogP contribution < -0.4 is 5.32 Å². The van der Waals surface area contributed by atoms with Crippen LogP contribution in [0, 0.1) is 0 Å². The fourth-order valence-electron chi connectivity index (χ4n) is 3.85. The van der Waals surface area contributed by atoms with Crippen molar-refractivity contribution in [3.05, 3.63) is 77.5 Å². The van der Waals surface area contributed by atoms with Gasteiger partial charge in [0.15, 0.2) is 0 Å². The van der Waals surface area contributed by atoms with E-state index in [4.69, 9.17) is 11.6 Å². The number of carbonyl (C=O) groups excluding carboxylic acids is 1. The third-order valence-corrected chi connectivity index (χ3v) is 5.71. The van der Waals surface area contributed by atoms with Crippen LogP contribution in [0.2, 0.25) is 5.02 Å². The van der Waals surface area contributed by atoms with E-state index in [2.05, 4.69) is 35.4 Å². The number of hydrogen-bond donors (Lipinski definition) is 1. The summed E-state index contributed by atoms with van der Waals surface area (Å²) in [7, 11) is 1.95. The predicted octanol–water partition coefficient (Wildman–Crippen LogP) is 5.08. The zero-order valence-electron chi connectivity index (χ0n) is 17.2. The molecular weight excluding hydrogens is 396 g/mol. The average molecular weight is 421 g/mol. The number of amides is 1. The first-order valence-electron chi connectivity index (χ1n) is 10.2. The second-order valence-corrected chi connectivity index (χ2v) is 7.84. The van der Waals surface area contributed by atoms with Crippen molar-refractivity contribution in [1.82, 2.24) is 19.4 Å². The highest BCUT2D eigenvalue weighted by Crippen LogP contribution is 2.35. The molecule has 2 heterocycles. The molecule has 0 fully saturated rings. The standard InChI is InChI=1S/C24H25ClN4O/c1-3-17-5-10-21-20(15-17)22(18-6-8-19(25)9-7-18)23(28(21)2)24(30)27-11-4-13-29-14-12-26-16-29/h5-10,12,14-16H,3-4,11,13H2,1-2H3,(H,27,30). The SMILES string of the molecule is CCc1ccc2c(c1)c(-c1ccc(Cl)cc1)c(C(=O)NCCCn1ccnc1)n2C. The summed E-state index contributed by atoms with van der Waals surface area (Å²) in [6.45, 7) is 3.55. The minimum Gasteiger partial charge on any atom is -0.351 e. The Kier molecular flexibility index (Phi) is 5.91. The van der Waals surface area contributed by atoms with Crippen molar-refractivity contribution in [2.45, 2.75) is 26.3 Å². The molecule has 0 aliphatic heterocycles. The number of nitrogens with zero attached hydrogens (tertiary/aromatic N) is 3. The number of imidazole rings is 1. The molecule has 2 aromatic heterocycles. The van der Waals surface area contributed by atoms with E-state index in [0.29, 0.717) is 17.3 Å². The molecule has 4 rings (SSSR count). The second-order valence-electron chi connectivity index (χ2n) is 7.40. The Morgan fingerprint density at radius 2 is 1.97 bits per heavy atom. The Labute approximate surface area is 181 Å². The van der Waals surface area contributed by atoms with E-state index >= 15 is 0 Å². The monoisotopic (exact) mass is 420 g/mol. The number of aromatic nitrogens is 3. The molecule has 0 saturated heterocycles. The Morgan fingerprint density at radius 1 is 1.17 bits per heavy atom. The van der Waals surface area contributed by atoms with Crippen LogP contribution in [-0.4, -0.2) is 26.6 Å². The molecular formula is C24H25ClN4O. The van der Waals surface area contributed by atoms with Crippen molar-refractivity contribution in [2.24, 2.45) is 7.05 Å². The summed E-state index contributed by atoms with van der Waals surface area (Å²) in [5.41, 5.74) is 4.90. The van der Waals surface area contributed by atoms with Gasteiger partial charge in [-0.05, 0) is 48.2 Å². The van der Waals surface area contributed by atoms with Crippen LogP contribution in [0.25, 0.3) is 22.0 Å². The molecule has 0 bridgehead atoms. The summed E-state index contributed by atoms with van der Waals surface area (Å²) in [5.74, 6) is -0.0673. The highest BCUT2D eigenvalue weighted by atomic mass is 35.5. The lowest BCUT2D eigenvalue weighted by molar-refractivity contribution is 0.0945. The molecule has 0 aliphatic rings. The number of benzene rings is 2. The van der Waals surface area contributed by atoms with Crippen LogP contribution in [0.1, 0.15) is 29.4 Å². The third-order valence-electron chi connectivity index (χ3n) is 5.46. The Morgan fingerprint density at radius 3 is 2.67 bits per heavy atom. The van der Waals surface area contributed by atoms with Crippen molar-refractivity contribution >= 4 is 28.4 Å². The van der Waals surface area contributed by atoms with E-state index in [0.717, 1.165) is 41.4 Å². The highest BCUT2D eigenvalue weighted by molar-refractivity contribution is 6.30. The number of hydrogen-bond acceptors (Lipinski definition) is 2. The van der Waals surface area contributed by atoms with Crippen LogP contribution >= 0.6 is 11.6 Å². The zero-order chi connectivity index (χ0) is 21.1. The van der Waals surface area contributed by atoms with Gasteiger partial charge in [-0.3, -0.25) is 4.79 Å². The largest absolute Gasteiger partial charge is 0.351 e. The van der Waals surface area contributed by atoms with Gasteiger partial charge < -0.3 is 14.5 Å². The van der Waals surface area contributed by atoms with Crippen molar-refractivity contribution in [3.8, 4) is 11.1 Å². The first-order chi connectivity index (χ1) is 14.6. The normalized spacial score (nSPS) is 11.2. The lowest BCUT2D eigenvalue weighted by Crippen LogP contribution is -2.27. The number of fused-ring (bicyclic) bond motifs is 1. The summed E-state index contributed by atoms with van der Waals surface area (Å²) in [5, 5.41) is 4.86. The van der Waals surface area contributed by atoms with Gasteiger partial charge in [-0.15, -0.1) is 0 Å². The smallest absolute Gasteiger partial charge is 0.268 e. The Hall–Kier alpha value is -3.05. The van der Waals surface area contributed by atoms with Gasteiger partial charge in [-0.25, -0.2) is 4.98 Å². The van der Waals surface area contributed by atoms with Crippen LogP contribution in [0.5, 0.6) is 0 Å². The maximum Gasteiger partial charge on any atom is 0.268 e. The van der Waals surface area contributed by atoms with Gasteiger partial charge >= 0.3 is 0 Å². The zero-order valence-corrected chi connectivity index (χ0v) is 18.0. The summed E-state index contributed by atoms with van der Waals surface area (Å²) >= 11 is 6.11. The highest BCUT2D eigenvalue weighted by Gasteiger charge is 2.22. The quantitative estimate of drug-likeness (QED) is 0.424. The van der Waals surface area contributed by atoms with Crippen LogP contribution in [0.4, 0.5) is 0 Å². The summed E-state index contributed by atoms with van der Waals surface area (Å²) < 4.78 is 4.00. The van der Waals surface area contributed by atoms with E-state index in [1.807, 2.05) is 46.6 Å². The molecule has 1 N–H and O–H groups in total. The number of nitrogens with one attached hydrogen (secondary N) is 1. The first-order valence-corrected chi connectivity index (χ1v) is 10.6. The summed E-state index contributed by atoms with van der Waals surface area (Å²) in [6.07, 6.45) is 7.26. The summed E-state index contributed by atoms with van der Waals surface area (Å²) in [6, 6.07) is 14.1. The van der Waals surface area contributed by atoms with Gasteiger partial charge in [0.2, 0.25) is 0 Å². The van der Waals surface area contributed by atoms with Crippen LogP contribution in [0.3, 0.4) is 0 Å². The molecule has 0 atom stereocenters. The van der Waals surface area contributed by atoms with Crippen LogP contribution in [0.15, 0.2) is 61.2 Å². The number of carbonyl (C=O) groups is 1. The third kappa shape index (κ3) is 3.98. The van der Waals surface area contributed by atoms with Gasteiger partial charge in [0.1, 0.15) is 5.69 Å². The van der Waals surface area contributed by atoms with E-state index < -0.39 is 0 Å². The van der Waals surface area contributed by atoms with Crippen LogP contribution in [-0.2, 0) is 20.0 Å². The summed E-state index contributed by atoms with van der Waals surface area (Å²) in [4.78, 5) is 17.3. The molecule has 0 radical (unpaired) electrons. The molecule has 1 amide bonds. The van der Waals surface area contributed by atoms with Gasteiger partial charge in [0, 0.05) is 54.0 Å². The van der Waals surface area contributed by atoms with Crippen molar-refractivity contribution < 1.29 is 4.79 Å². The van der Waals surface area contributed by atoms with Gasteiger partial charge in [-0.2, -0.15) is 0 Å². The van der Waals surface area contributed by atoms with Gasteiger partial charge in [0.05, 0.1) is 6.33 Å². The fourth-order valence-corrected chi connectivity index (χ4v) is 3.98. The molecule has 0 saturated carbocycles. The van der Waals surface area contributed by atoms with E-state index in [9.17, 15) is 4.79 Å². The first kappa shape index (κ1) is 20.2. The molecule has 6 heteroatoms. The minimum atomic E-state index is -0.0673. The van der Waals surface area contributed by atoms with Crippen molar-refractivity contribution in [1.29, 1.82) is 0 Å². The maximum atomic E-state index is 13.2. The van der Waals surface area contributed by atoms with Gasteiger partial charge in [0.25, 0.3) is 5.91 Å². The molecule has 4 aromatic rings. The Balaban J connectivity index is 1.68.